The molecule has 2 rings (SSSR count). The molecule has 2 fully saturated rings. The molecule has 1 saturated heterocycles. The van der Waals surface area contributed by atoms with E-state index in [0.717, 1.165) is 12.8 Å². The van der Waals surface area contributed by atoms with Gasteiger partial charge in [-0.3, -0.25) is 9.59 Å². The van der Waals surface area contributed by atoms with Gasteiger partial charge < -0.3 is 14.7 Å². The zero-order chi connectivity index (χ0) is 13.8. The second-order valence-corrected chi connectivity index (χ2v) is 5.77. The van der Waals surface area contributed by atoms with Gasteiger partial charge in [0.1, 0.15) is 6.61 Å². The van der Waals surface area contributed by atoms with Crippen molar-refractivity contribution in [3.63, 3.8) is 0 Å². The Balaban J connectivity index is 1.76. The van der Waals surface area contributed by atoms with Gasteiger partial charge in [-0.05, 0) is 25.2 Å². The minimum atomic E-state index is -0.748. The van der Waals surface area contributed by atoms with Crippen LogP contribution in [0.5, 0.6) is 0 Å². The molecule has 0 aromatic heterocycles. The van der Waals surface area contributed by atoms with Gasteiger partial charge in [0.2, 0.25) is 5.91 Å². The van der Waals surface area contributed by atoms with Crippen LogP contribution >= 0.6 is 0 Å². The third-order valence-electron chi connectivity index (χ3n) is 4.32. The van der Waals surface area contributed by atoms with Crippen LogP contribution in [0, 0.1) is 11.8 Å². The summed E-state index contributed by atoms with van der Waals surface area (Å²) in [5.74, 6) is -1.05. The summed E-state index contributed by atoms with van der Waals surface area (Å²) in [4.78, 5) is 24.8. The molecule has 19 heavy (non-hydrogen) atoms. The van der Waals surface area contributed by atoms with Crippen LogP contribution in [0.4, 0.5) is 0 Å². The molecule has 2 aliphatic rings. The van der Waals surface area contributed by atoms with E-state index in [2.05, 4.69) is 0 Å². The van der Waals surface area contributed by atoms with Gasteiger partial charge in [-0.1, -0.05) is 19.8 Å². The van der Waals surface area contributed by atoms with Gasteiger partial charge in [0.25, 0.3) is 0 Å². The number of rotatable bonds is 4. The van der Waals surface area contributed by atoms with Crippen molar-refractivity contribution < 1.29 is 19.4 Å². The van der Waals surface area contributed by atoms with Gasteiger partial charge in [-0.2, -0.15) is 0 Å². The molecule has 0 spiro atoms. The number of hydrogen-bond acceptors (Lipinski definition) is 3. The third kappa shape index (κ3) is 3.69. The summed E-state index contributed by atoms with van der Waals surface area (Å²) in [5.41, 5.74) is 0. The van der Waals surface area contributed by atoms with Crippen LogP contribution in [0.1, 0.15) is 39.0 Å². The smallest absolute Gasteiger partial charge is 0.306 e. The van der Waals surface area contributed by atoms with E-state index in [9.17, 15) is 9.59 Å². The zero-order valence-corrected chi connectivity index (χ0v) is 11.5. The van der Waals surface area contributed by atoms with Gasteiger partial charge in [0.15, 0.2) is 0 Å². The van der Waals surface area contributed by atoms with Crippen LogP contribution in [-0.2, 0) is 14.3 Å². The first kappa shape index (κ1) is 14.3. The lowest BCUT2D eigenvalue weighted by atomic mass is 9.87. The number of piperidine rings is 1. The fourth-order valence-electron chi connectivity index (χ4n) is 3.07. The zero-order valence-electron chi connectivity index (χ0n) is 11.5. The maximum atomic E-state index is 12.0. The Morgan fingerprint density at radius 2 is 1.95 bits per heavy atom. The van der Waals surface area contributed by atoms with Gasteiger partial charge >= 0.3 is 5.97 Å². The maximum Gasteiger partial charge on any atom is 0.306 e. The Hall–Kier alpha value is -1.10. The molecule has 1 amide bonds. The van der Waals surface area contributed by atoms with Crippen molar-refractivity contribution in [3.05, 3.63) is 0 Å². The lowest BCUT2D eigenvalue weighted by Gasteiger charge is -2.35. The first-order valence-corrected chi connectivity index (χ1v) is 7.20. The predicted octanol–water partition coefficient (Wildman–Crippen LogP) is 1.51. The number of likely N-dealkylation sites (tertiary alicyclic amines) is 1. The van der Waals surface area contributed by atoms with Gasteiger partial charge in [-0.15, -0.1) is 0 Å². The minimum Gasteiger partial charge on any atom is -0.481 e. The van der Waals surface area contributed by atoms with E-state index in [1.165, 1.54) is 12.8 Å². The number of carbonyl (C=O) groups excluding carboxylic acids is 1. The molecule has 1 N–H and O–H groups in total. The molecule has 2 atom stereocenters. The summed E-state index contributed by atoms with van der Waals surface area (Å²) in [5, 5.41) is 9.05. The molecule has 5 heteroatoms. The van der Waals surface area contributed by atoms with Crippen molar-refractivity contribution >= 4 is 11.9 Å². The van der Waals surface area contributed by atoms with Crippen molar-refractivity contribution in [1.82, 2.24) is 4.90 Å². The van der Waals surface area contributed by atoms with Crippen LogP contribution in [0.3, 0.4) is 0 Å². The first-order valence-electron chi connectivity index (χ1n) is 7.20. The Labute approximate surface area is 113 Å². The highest BCUT2D eigenvalue weighted by Gasteiger charge is 2.33. The molecule has 1 heterocycles. The summed E-state index contributed by atoms with van der Waals surface area (Å²) in [6.45, 7) is 3.11. The molecule has 2 unspecified atom stereocenters. The van der Waals surface area contributed by atoms with Crippen molar-refractivity contribution in [3.8, 4) is 0 Å². The Bertz CT molecular complexity index is 338. The highest BCUT2D eigenvalue weighted by atomic mass is 16.5. The summed E-state index contributed by atoms with van der Waals surface area (Å²) in [6, 6.07) is 0. The number of hydrogen-bond donors (Lipinski definition) is 1. The lowest BCUT2D eigenvalue weighted by Crippen LogP contribution is -2.46. The molecule has 108 valence electrons. The number of carbonyl (C=O) groups is 2. The van der Waals surface area contributed by atoms with Crippen LogP contribution in [0.25, 0.3) is 0 Å². The number of nitrogens with zero attached hydrogens (tertiary/aromatic N) is 1. The normalized spacial score (nSPS) is 28.6. The van der Waals surface area contributed by atoms with Gasteiger partial charge in [0, 0.05) is 13.1 Å². The number of amides is 1. The van der Waals surface area contributed by atoms with E-state index < -0.39 is 5.97 Å². The van der Waals surface area contributed by atoms with Crippen LogP contribution < -0.4 is 0 Å². The van der Waals surface area contributed by atoms with Crippen LogP contribution in [0.15, 0.2) is 0 Å². The van der Waals surface area contributed by atoms with Gasteiger partial charge in [0.05, 0.1) is 12.0 Å². The number of carboxylic acids is 1. The molecule has 0 bridgehead atoms. The first-order chi connectivity index (χ1) is 9.08. The Morgan fingerprint density at radius 1 is 1.26 bits per heavy atom. The minimum absolute atomic E-state index is 0.00240. The highest BCUT2D eigenvalue weighted by Crippen LogP contribution is 2.24. The number of ether oxygens (including phenoxy) is 1. The fourth-order valence-corrected chi connectivity index (χ4v) is 3.07. The monoisotopic (exact) mass is 269 g/mol. The summed E-state index contributed by atoms with van der Waals surface area (Å²) >= 11 is 0. The van der Waals surface area contributed by atoms with E-state index in [0.29, 0.717) is 19.5 Å². The molecule has 0 radical (unpaired) electrons. The standard InChI is InChI=1S/C14H23NO4/c1-10-8-15(7-6-12(10)14(17)18)13(16)9-19-11-4-2-3-5-11/h10-12H,2-9H2,1H3,(H,17,18). The van der Waals surface area contributed by atoms with Crippen molar-refractivity contribution in [2.24, 2.45) is 11.8 Å². The average molecular weight is 269 g/mol. The quantitative estimate of drug-likeness (QED) is 0.840. The molecular weight excluding hydrogens is 246 g/mol. The highest BCUT2D eigenvalue weighted by molar-refractivity contribution is 5.78. The molecule has 1 saturated carbocycles. The molecule has 1 aliphatic heterocycles. The molecule has 5 nitrogen and oxygen atoms in total. The van der Waals surface area contributed by atoms with E-state index in [-0.39, 0.29) is 30.5 Å². The second-order valence-electron chi connectivity index (χ2n) is 5.77. The van der Waals surface area contributed by atoms with Crippen LogP contribution in [0.2, 0.25) is 0 Å². The molecular formula is C14H23NO4. The fraction of sp³-hybridized carbons (Fsp3) is 0.857. The van der Waals surface area contributed by atoms with Gasteiger partial charge in [-0.25, -0.2) is 0 Å². The third-order valence-corrected chi connectivity index (χ3v) is 4.32. The number of aliphatic carboxylic acids is 1. The van der Waals surface area contributed by atoms with E-state index in [1.54, 1.807) is 4.90 Å². The Morgan fingerprint density at radius 3 is 2.53 bits per heavy atom. The lowest BCUT2D eigenvalue weighted by molar-refractivity contribution is -0.150. The Kier molecular flexibility index (Phi) is 4.80. The largest absolute Gasteiger partial charge is 0.481 e. The maximum absolute atomic E-state index is 12.0. The topological polar surface area (TPSA) is 66.8 Å². The number of carboxylic acid groups (broad SMARTS) is 1. The van der Waals surface area contributed by atoms with Crippen molar-refractivity contribution in [2.75, 3.05) is 19.7 Å². The second kappa shape index (κ2) is 6.37. The van der Waals surface area contributed by atoms with Crippen LogP contribution in [-0.4, -0.2) is 47.7 Å². The van der Waals surface area contributed by atoms with E-state index in [1.807, 2.05) is 6.92 Å². The average Bonchev–Trinajstić information content (AvgIpc) is 2.88. The van der Waals surface area contributed by atoms with E-state index >= 15 is 0 Å². The van der Waals surface area contributed by atoms with Crippen molar-refractivity contribution in [1.29, 1.82) is 0 Å². The predicted molar refractivity (Wildman–Crippen MR) is 69.7 cm³/mol. The van der Waals surface area contributed by atoms with Crippen molar-refractivity contribution in [2.45, 2.75) is 45.1 Å². The summed E-state index contributed by atoms with van der Waals surface area (Å²) in [7, 11) is 0. The summed E-state index contributed by atoms with van der Waals surface area (Å²) in [6.07, 6.45) is 5.30. The molecule has 0 aromatic rings. The SMILES string of the molecule is CC1CN(C(=O)COC2CCCC2)CCC1C(=O)O. The van der Waals surface area contributed by atoms with E-state index in [4.69, 9.17) is 9.84 Å². The summed E-state index contributed by atoms with van der Waals surface area (Å²) < 4.78 is 5.62. The molecule has 1 aliphatic carbocycles. The molecule has 0 aromatic carbocycles.